The second-order valence-corrected chi connectivity index (χ2v) is 6.05. The molecular weight excluding hydrogens is 238 g/mol. The second-order valence-electron chi connectivity index (χ2n) is 6.05. The van der Waals surface area contributed by atoms with E-state index in [-0.39, 0.29) is 12.0 Å². The van der Waals surface area contributed by atoms with Crippen LogP contribution in [-0.4, -0.2) is 43.9 Å². The van der Waals surface area contributed by atoms with Gasteiger partial charge >= 0.3 is 0 Å². The standard InChI is InChI=1S/C16H27NO2/c1-16(2,3)14-6-7-15(19-5)13(12-14)8-9-17(4)10-11-18/h6-7,12,18H,8-11H2,1-5H3. The van der Waals surface area contributed by atoms with Gasteiger partial charge in [-0.15, -0.1) is 0 Å². The van der Waals surface area contributed by atoms with E-state index in [0.29, 0.717) is 6.54 Å². The molecule has 3 nitrogen and oxygen atoms in total. The summed E-state index contributed by atoms with van der Waals surface area (Å²) < 4.78 is 5.44. The van der Waals surface area contributed by atoms with Gasteiger partial charge in [-0.25, -0.2) is 0 Å². The quantitative estimate of drug-likeness (QED) is 0.857. The molecule has 1 aromatic rings. The molecular formula is C16H27NO2. The van der Waals surface area contributed by atoms with E-state index < -0.39 is 0 Å². The molecule has 0 fully saturated rings. The molecule has 0 unspecified atom stereocenters. The van der Waals surface area contributed by atoms with Gasteiger partial charge in [-0.05, 0) is 36.1 Å². The van der Waals surface area contributed by atoms with Crippen molar-refractivity contribution in [2.45, 2.75) is 32.6 Å². The number of likely N-dealkylation sites (N-methyl/N-ethyl adjacent to an activating group) is 1. The molecule has 0 aliphatic heterocycles. The van der Waals surface area contributed by atoms with Crippen LogP contribution < -0.4 is 4.74 Å². The largest absolute Gasteiger partial charge is 0.496 e. The van der Waals surface area contributed by atoms with Crippen molar-refractivity contribution in [3.63, 3.8) is 0 Å². The highest BCUT2D eigenvalue weighted by molar-refractivity contribution is 5.39. The molecule has 0 atom stereocenters. The summed E-state index contributed by atoms with van der Waals surface area (Å²) in [5, 5.41) is 8.92. The van der Waals surface area contributed by atoms with Crippen LogP contribution in [0.15, 0.2) is 18.2 Å². The molecule has 0 saturated carbocycles. The van der Waals surface area contributed by atoms with Crippen molar-refractivity contribution in [3.05, 3.63) is 29.3 Å². The van der Waals surface area contributed by atoms with Gasteiger partial charge in [-0.2, -0.15) is 0 Å². The number of ether oxygens (including phenoxy) is 1. The van der Waals surface area contributed by atoms with Gasteiger partial charge in [0.15, 0.2) is 0 Å². The molecule has 0 aliphatic carbocycles. The Morgan fingerprint density at radius 1 is 1.21 bits per heavy atom. The highest BCUT2D eigenvalue weighted by Gasteiger charge is 2.16. The maximum absolute atomic E-state index is 8.92. The van der Waals surface area contributed by atoms with Gasteiger partial charge < -0.3 is 14.7 Å². The molecule has 19 heavy (non-hydrogen) atoms. The van der Waals surface area contributed by atoms with E-state index in [9.17, 15) is 0 Å². The molecule has 0 saturated heterocycles. The number of aliphatic hydroxyl groups is 1. The summed E-state index contributed by atoms with van der Waals surface area (Å²) in [6.07, 6.45) is 0.934. The lowest BCUT2D eigenvalue weighted by molar-refractivity contribution is 0.222. The minimum absolute atomic E-state index is 0.151. The van der Waals surface area contributed by atoms with Gasteiger partial charge in [-0.3, -0.25) is 0 Å². The Hall–Kier alpha value is -1.06. The minimum Gasteiger partial charge on any atom is -0.496 e. The molecule has 1 aromatic carbocycles. The summed E-state index contributed by atoms with van der Waals surface area (Å²) in [7, 11) is 3.74. The van der Waals surface area contributed by atoms with Crippen LogP contribution in [0.2, 0.25) is 0 Å². The molecule has 0 bridgehead atoms. The van der Waals surface area contributed by atoms with Crippen molar-refractivity contribution < 1.29 is 9.84 Å². The van der Waals surface area contributed by atoms with Gasteiger partial charge in [-0.1, -0.05) is 32.9 Å². The topological polar surface area (TPSA) is 32.7 Å². The van der Waals surface area contributed by atoms with Gasteiger partial charge in [0, 0.05) is 13.1 Å². The van der Waals surface area contributed by atoms with Gasteiger partial charge in [0.2, 0.25) is 0 Å². The number of nitrogens with zero attached hydrogens (tertiary/aromatic N) is 1. The molecule has 0 amide bonds. The average molecular weight is 265 g/mol. The van der Waals surface area contributed by atoms with Gasteiger partial charge in [0.05, 0.1) is 13.7 Å². The van der Waals surface area contributed by atoms with E-state index in [1.165, 1.54) is 11.1 Å². The number of aliphatic hydroxyl groups excluding tert-OH is 1. The Morgan fingerprint density at radius 2 is 1.89 bits per heavy atom. The molecule has 0 spiro atoms. The van der Waals surface area contributed by atoms with Crippen molar-refractivity contribution in [1.82, 2.24) is 4.90 Å². The summed E-state index contributed by atoms with van der Waals surface area (Å²) in [6, 6.07) is 6.44. The van der Waals surface area contributed by atoms with E-state index in [0.717, 1.165) is 18.7 Å². The lowest BCUT2D eigenvalue weighted by atomic mass is 9.85. The summed E-state index contributed by atoms with van der Waals surface area (Å²) in [4.78, 5) is 2.13. The Morgan fingerprint density at radius 3 is 2.42 bits per heavy atom. The Bertz CT molecular complexity index is 396. The average Bonchev–Trinajstić information content (AvgIpc) is 2.35. The minimum atomic E-state index is 0.151. The summed E-state index contributed by atoms with van der Waals surface area (Å²) in [5.41, 5.74) is 2.71. The molecule has 3 heteroatoms. The Labute approximate surface area is 117 Å². The zero-order valence-corrected chi connectivity index (χ0v) is 12.9. The first kappa shape index (κ1) is 16.0. The molecule has 108 valence electrons. The van der Waals surface area contributed by atoms with Crippen LogP contribution in [0.4, 0.5) is 0 Å². The Balaban J connectivity index is 2.84. The number of benzene rings is 1. The third kappa shape index (κ3) is 4.84. The van der Waals surface area contributed by atoms with Crippen LogP contribution in [0.5, 0.6) is 5.75 Å². The van der Waals surface area contributed by atoms with E-state index in [4.69, 9.17) is 9.84 Å². The smallest absolute Gasteiger partial charge is 0.122 e. The van der Waals surface area contributed by atoms with Crippen LogP contribution in [-0.2, 0) is 11.8 Å². The zero-order chi connectivity index (χ0) is 14.5. The number of hydrogen-bond donors (Lipinski definition) is 1. The maximum atomic E-state index is 8.92. The van der Waals surface area contributed by atoms with E-state index in [1.54, 1.807) is 7.11 Å². The van der Waals surface area contributed by atoms with Gasteiger partial charge in [0.25, 0.3) is 0 Å². The van der Waals surface area contributed by atoms with Crippen molar-refractivity contribution in [2.24, 2.45) is 0 Å². The molecule has 1 rings (SSSR count). The first-order valence-corrected chi connectivity index (χ1v) is 6.85. The monoisotopic (exact) mass is 265 g/mol. The predicted octanol–water partition coefficient (Wildman–Crippen LogP) is 2.46. The van der Waals surface area contributed by atoms with E-state index in [2.05, 4.69) is 43.9 Å². The Kier molecular flexibility index (Phi) is 5.83. The van der Waals surface area contributed by atoms with Crippen molar-refractivity contribution in [3.8, 4) is 5.75 Å². The fourth-order valence-electron chi connectivity index (χ4n) is 2.03. The SMILES string of the molecule is COc1ccc(C(C)(C)C)cc1CCN(C)CCO. The summed E-state index contributed by atoms with van der Waals surface area (Å²) in [5.74, 6) is 0.949. The third-order valence-corrected chi connectivity index (χ3v) is 3.39. The molecule has 0 aliphatic rings. The van der Waals surface area contributed by atoms with Crippen molar-refractivity contribution in [2.75, 3.05) is 33.9 Å². The summed E-state index contributed by atoms with van der Waals surface area (Å²) in [6.45, 7) is 8.49. The van der Waals surface area contributed by atoms with Gasteiger partial charge in [0.1, 0.15) is 5.75 Å². The van der Waals surface area contributed by atoms with E-state index in [1.807, 2.05) is 7.05 Å². The predicted molar refractivity (Wildman–Crippen MR) is 80.0 cm³/mol. The van der Waals surface area contributed by atoms with E-state index >= 15 is 0 Å². The molecule has 1 N–H and O–H groups in total. The number of hydrogen-bond acceptors (Lipinski definition) is 3. The molecule has 0 radical (unpaired) electrons. The van der Waals surface area contributed by atoms with Crippen LogP contribution in [0.1, 0.15) is 31.9 Å². The van der Waals surface area contributed by atoms with Crippen molar-refractivity contribution >= 4 is 0 Å². The first-order valence-electron chi connectivity index (χ1n) is 6.85. The van der Waals surface area contributed by atoms with Crippen LogP contribution in [0.25, 0.3) is 0 Å². The highest BCUT2D eigenvalue weighted by Crippen LogP contribution is 2.28. The maximum Gasteiger partial charge on any atom is 0.122 e. The third-order valence-electron chi connectivity index (χ3n) is 3.39. The van der Waals surface area contributed by atoms with Crippen molar-refractivity contribution in [1.29, 1.82) is 0 Å². The zero-order valence-electron chi connectivity index (χ0n) is 12.9. The normalized spacial score (nSPS) is 11.9. The van der Waals surface area contributed by atoms with Crippen LogP contribution in [0, 0.1) is 0 Å². The lowest BCUT2D eigenvalue weighted by Gasteiger charge is -2.22. The molecule has 0 aromatic heterocycles. The molecule has 0 heterocycles. The second kappa shape index (κ2) is 6.92. The fourth-order valence-corrected chi connectivity index (χ4v) is 2.03. The van der Waals surface area contributed by atoms with Crippen LogP contribution >= 0.6 is 0 Å². The lowest BCUT2D eigenvalue weighted by Crippen LogP contribution is -2.24. The highest BCUT2D eigenvalue weighted by atomic mass is 16.5. The summed E-state index contributed by atoms with van der Waals surface area (Å²) >= 11 is 0. The van der Waals surface area contributed by atoms with Crippen LogP contribution in [0.3, 0.4) is 0 Å². The number of rotatable bonds is 6. The number of methoxy groups -OCH3 is 1. The first-order chi connectivity index (χ1) is 8.88. The fraction of sp³-hybridized carbons (Fsp3) is 0.625.